The van der Waals surface area contributed by atoms with Gasteiger partial charge in [0.2, 0.25) is 10.0 Å². The molecule has 0 fully saturated rings. The van der Waals surface area contributed by atoms with Crippen LogP contribution in [0, 0.1) is 6.92 Å². The number of carbonyl (C=O) groups excluding carboxylic acids is 1. The molecule has 0 aliphatic carbocycles. The molecule has 1 heterocycles. The lowest BCUT2D eigenvalue weighted by Crippen LogP contribution is -2.26. The number of rotatable bonds is 6. The van der Waals surface area contributed by atoms with Crippen molar-refractivity contribution in [3.63, 3.8) is 0 Å². The highest BCUT2D eigenvalue weighted by atomic mass is 32.2. The van der Waals surface area contributed by atoms with E-state index in [0.29, 0.717) is 12.0 Å². The average Bonchev–Trinajstić information content (AvgIpc) is 2.88. The predicted octanol–water partition coefficient (Wildman–Crippen LogP) is 1.32. The number of hydrogen-bond donors (Lipinski definition) is 2. The van der Waals surface area contributed by atoms with Crippen LogP contribution in [0.15, 0.2) is 59.5 Å². The standard InChI is InChI=1S/C18H18N2O5S2/c1-13-2-8-16(9-3-13)26(22,23)19-11-10-14-4-6-15(7-5-14)17-12-18(21)20-27(17,24)25/h2-9,12,19H,10-11H2,1H3,(H,20,21). The number of amides is 1. The number of aryl methyl sites for hydroxylation is 1. The Morgan fingerprint density at radius 1 is 1.00 bits per heavy atom. The van der Waals surface area contributed by atoms with Crippen molar-refractivity contribution in [2.75, 3.05) is 6.54 Å². The molecule has 1 aliphatic rings. The predicted molar refractivity (Wildman–Crippen MR) is 102 cm³/mol. The lowest BCUT2D eigenvalue weighted by Gasteiger charge is -2.08. The van der Waals surface area contributed by atoms with Crippen LogP contribution in [0.3, 0.4) is 0 Å². The van der Waals surface area contributed by atoms with E-state index in [9.17, 15) is 21.6 Å². The summed E-state index contributed by atoms with van der Waals surface area (Å²) in [5.41, 5.74) is 2.21. The molecule has 0 unspecified atom stereocenters. The lowest BCUT2D eigenvalue weighted by molar-refractivity contribution is -0.114. The van der Waals surface area contributed by atoms with Crippen molar-refractivity contribution >= 4 is 30.9 Å². The Kier molecular flexibility index (Phi) is 5.18. The number of hydrogen-bond acceptors (Lipinski definition) is 5. The molecule has 27 heavy (non-hydrogen) atoms. The van der Waals surface area contributed by atoms with Gasteiger partial charge in [0.05, 0.1) is 4.90 Å². The number of benzene rings is 2. The summed E-state index contributed by atoms with van der Waals surface area (Å²) < 4.78 is 52.5. The highest BCUT2D eigenvalue weighted by molar-refractivity contribution is 8.00. The van der Waals surface area contributed by atoms with E-state index in [0.717, 1.165) is 17.2 Å². The molecule has 2 aromatic rings. The molecule has 2 aromatic carbocycles. The maximum absolute atomic E-state index is 12.2. The summed E-state index contributed by atoms with van der Waals surface area (Å²) in [5.74, 6) is -0.667. The van der Waals surface area contributed by atoms with Crippen LogP contribution in [0.2, 0.25) is 0 Å². The van der Waals surface area contributed by atoms with Crippen LogP contribution >= 0.6 is 0 Å². The molecule has 0 saturated carbocycles. The fourth-order valence-electron chi connectivity index (χ4n) is 2.62. The minimum atomic E-state index is -3.80. The van der Waals surface area contributed by atoms with E-state index >= 15 is 0 Å². The normalized spacial score (nSPS) is 16.0. The van der Waals surface area contributed by atoms with Gasteiger partial charge in [-0.3, -0.25) is 4.79 Å². The first-order valence-electron chi connectivity index (χ1n) is 8.11. The van der Waals surface area contributed by atoms with E-state index in [1.807, 2.05) is 11.6 Å². The highest BCUT2D eigenvalue weighted by Crippen LogP contribution is 2.24. The number of carbonyl (C=O) groups is 1. The molecule has 9 heteroatoms. The van der Waals surface area contributed by atoms with Crippen molar-refractivity contribution < 1.29 is 21.6 Å². The second kappa shape index (κ2) is 7.26. The third-order valence-electron chi connectivity index (χ3n) is 4.06. The van der Waals surface area contributed by atoms with Gasteiger partial charge in [-0.05, 0) is 36.6 Å². The SMILES string of the molecule is Cc1ccc(S(=O)(=O)NCCc2ccc(C3=CC(=O)NS3(=O)=O)cc2)cc1. The largest absolute Gasteiger partial charge is 0.269 e. The molecule has 0 spiro atoms. The van der Waals surface area contributed by atoms with Gasteiger partial charge in [0.1, 0.15) is 4.91 Å². The molecule has 0 aromatic heterocycles. The van der Waals surface area contributed by atoms with Crippen LogP contribution < -0.4 is 9.44 Å². The topological polar surface area (TPSA) is 109 Å². The van der Waals surface area contributed by atoms with Gasteiger partial charge in [-0.15, -0.1) is 0 Å². The molecular weight excluding hydrogens is 388 g/mol. The second-order valence-electron chi connectivity index (χ2n) is 6.14. The maximum Gasteiger partial charge on any atom is 0.265 e. The van der Waals surface area contributed by atoms with E-state index in [4.69, 9.17) is 0 Å². The second-order valence-corrected chi connectivity index (χ2v) is 9.55. The number of sulfonamides is 2. The molecule has 0 bridgehead atoms. The Morgan fingerprint density at radius 2 is 1.63 bits per heavy atom. The zero-order valence-electron chi connectivity index (χ0n) is 14.5. The Morgan fingerprint density at radius 3 is 2.19 bits per heavy atom. The Hall–Kier alpha value is -2.49. The molecule has 3 rings (SSSR count). The summed E-state index contributed by atoms with van der Waals surface area (Å²) in [5, 5.41) is 0. The number of nitrogens with one attached hydrogen (secondary N) is 2. The van der Waals surface area contributed by atoms with Crippen LogP contribution in [-0.4, -0.2) is 29.3 Å². The van der Waals surface area contributed by atoms with E-state index in [1.54, 1.807) is 48.5 Å². The summed E-state index contributed by atoms with van der Waals surface area (Å²) in [4.78, 5) is 11.4. The van der Waals surface area contributed by atoms with Crippen molar-refractivity contribution in [1.82, 2.24) is 9.44 Å². The minimum absolute atomic E-state index is 0.0703. The van der Waals surface area contributed by atoms with Crippen LogP contribution in [0.4, 0.5) is 0 Å². The summed E-state index contributed by atoms with van der Waals surface area (Å²) in [6, 6.07) is 13.2. The molecule has 0 saturated heterocycles. The summed E-state index contributed by atoms with van der Waals surface area (Å²) in [6.45, 7) is 2.09. The first kappa shape index (κ1) is 19.3. The van der Waals surface area contributed by atoms with Gasteiger partial charge in [0.25, 0.3) is 15.9 Å². The summed E-state index contributed by atoms with van der Waals surface area (Å²) in [7, 11) is -7.38. The minimum Gasteiger partial charge on any atom is -0.269 e. The van der Waals surface area contributed by atoms with Gasteiger partial charge in [-0.2, -0.15) is 0 Å². The van der Waals surface area contributed by atoms with Crippen LogP contribution in [0.25, 0.3) is 4.91 Å². The van der Waals surface area contributed by atoms with Crippen LogP contribution in [-0.2, 0) is 31.3 Å². The van der Waals surface area contributed by atoms with Crippen molar-refractivity contribution in [2.45, 2.75) is 18.2 Å². The van der Waals surface area contributed by atoms with Gasteiger partial charge in [-0.1, -0.05) is 42.0 Å². The molecule has 0 atom stereocenters. The van der Waals surface area contributed by atoms with Gasteiger partial charge in [0, 0.05) is 12.6 Å². The first-order valence-corrected chi connectivity index (χ1v) is 11.1. The fourth-order valence-corrected chi connectivity index (χ4v) is 4.79. The first-order chi connectivity index (χ1) is 12.7. The molecule has 142 valence electrons. The third kappa shape index (κ3) is 4.44. The van der Waals surface area contributed by atoms with Crippen molar-refractivity contribution in [3.05, 3.63) is 71.3 Å². The molecule has 7 nitrogen and oxygen atoms in total. The van der Waals surface area contributed by atoms with E-state index in [1.165, 1.54) is 0 Å². The molecular formula is C18H18N2O5S2. The van der Waals surface area contributed by atoms with E-state index < -0.39 is 26.0 Å². The van der Waals surface area contributed by atoms with E-state index in [-0.39, 0.29) is 16.3 Å². The average molecular weight is 406 g/mol. The van der Waals surface area contributed by atoms with Crippen molar-refractivity contribution in [1.29, 1.82) is 0 Å². The molecule has 1 aliphatic heterocycles. The van der Waals surface area contributed by atoms with Gasteiger partial charge in [0.15, 0.2) is 0 Å². The highest BCUT2D eigenvalue weighted by Gasteiger charge is 2.28. The van der Waals surface area contributed by atoms with Crippen LogP contribution in [0.5, 0.6) is 0 Å². The fraction of sp³-hybridized carbons (Fsp3) is 0.167. The zero-order chi connectivity index (χ0) is 19.7. The Balaban J connectivity index is 1.63. The summed E-state index contributed by atoms with van der Waals surface area (Å²) in [6.07, 6.45) is 1.48. The maximum atomic E-state index is 12.2. The monoisotopic (exact) mass is 406 g/mol. The molecule has 1 amide bonds. The Bertz CT molecular complexity index is 1100. The van der Waals surface area contributed by atoms with Crippen LogP contribution in [0.1, 0.15) is 16.7 Å². The van der Waals surface area contributed by atoms with Crippen molar-refractivity contribution in [3.8, 4) is 0 Å². The van der Waals surface area contributed by atoms with Gasteiger partial charge >= 0.3 is 0 Å². The van der Waals surface area contributed by atoms with E-state index in [2.05, 4.69) is 4.72 Å². The Labute approximate surface area is 158 Å². The third-order valence-corrected chi connectivity index (χ3v) is 6.94. The smallest absolute Gasteiger partial charge is 0.265 e. The zero-order valence-corrected chi connectivity index (χ0v) is 16.1. The van der Waals surface area contributed by atoms with Gasteiger partial charge < -0.3 is 0 Å². The van der Waals surface area contributed by atoms with Gasteiger partial charge in [-0.25, -0.2) is 26.3 Å². The molecule has 2 N–H and O–H groups in total. The molecule has 0 radical (unpaired) electrons. The quantitative estimate of drug-likeness (QED) is 0.752. The lowest BCUT2D eigenvalue weighted by atomic mass is 10.1. The summed E-state index contributed by atoms with van der Waals surface area (Å²) >= 11 is 0. The van der Waals surface area contributed by atoms with Crippen molar-refractivity contribution in [2.24, 2.45) is 0 Å².